The zero-order valence-corrected chi connectivity index (χ0v) is 21.9. The molecule has 0 saturated carbocycles. The molecule has 0 radical (unpaired) electrons. The summed E-state index contributed by atoms with van der Waals surface area (Å²) >= 11 is 12.3. The zero-order valence-electron chi connectivity index (χ0n) is 20.4. The molecule has 1 amide bonds. The van der Waals surface area contributed by atoms with Crippen molar-refractivity contribution < 1.29 is 9.90 Å². The van der Waals surface area contributed by atoms with Crippen molar-refractivity contribution in [1.82, 2.24) is 19.6 Å². The molecule has 9 heteroatoms. The third kappa shape index (κ3) is 5.54. The van der Waals surface area contributed by atoms with Crippen LogP contribution in [-0.2, 0) is 24.3 Å². The average molecular weight is 528 g/mol. The van der Waals surface area contributed by atoms with E-state index in [1.165, 1.54) is 0 Å². The van der Waals surface area contributed by atoms with Gasteiger partial charge in [0.05, 0.1) is 18.3 Å². The molecule has 0 aliphatic carbocycles. The summed E-state index contributed by atoms with van der Waals surface area (Å²) in [5.74, 6) is 0.0624. The highest BCUT2D eigenvalue weighted by atomic mass is 35.5. The number of fused-ring (bicyclic) bond motifs is 1. The number of carbonyl (C=O) groups is 1. The van der Waals surface area contributed by atoms with Crippen LogP contribution in [0.5, 0.6) is 0 Å². The molecule has 1 aromatic heterocycles. The van der Waals surface area contributed by atoms with Gasteiger partial charge in [-0.1, -0.05) is 41.4 Å². The van der Waals surface area contributed by atoms with Gasteiger partial charge < -0.3 is 14.9 Å². The first-order valence-corrected chi connectivity index (χ1v) is 13.1. The van der Waals surface area contributed by atoms with Crippen LogP contribution in [0.4, 0.5) is 5.69 Å². The number of carbonyl (C=O) groups excluding carboxylic acids is 1. The second-order valence-corrected chi connectivity index (χ2v) is 10.4. The zero-order chi connectivity index (χ0) is 25.2. The van der Waals surface area contributed by atoms with Crippen LogP contribution < -0.4 is 4.90 Å². The number of amides is 1. The molecule has 1 N–H and O–H groups in total. The lowest BCUT2D eigenvalue weighted by Gasteiger charge is -2.37. The van der Waals surface area contributed by atoms with Gasteiger partial charge in [-0.2, -0.15) is 5.10 Å². The van der Waals surface area contributed by atoms with Crippen molar-refractivity contribution in [2.75, 3.05) is 44.2 Å². The molecule has 1 fully saturated rings. The molecule has 1 unspecified atom stereocenters. The molecular formula is C27H31Cl2N5O2. The molecule has 0 spiro atoms. The number of β-amino-alcohol motifs (C(OH)–C–C–N with tert-alkyl or cyclic N) is 1. The van der Waals surface area contributed by atoms with E-state index < -0.39 is 6.10 Å². The van der Waals surface area contributed by atoms with Crippen LogP contribution in [0.15, 0.2) is 48.5 Å². The van der Waals surface area contributed by atoms with Gasteiger partial charge in [-0.3, -0.25) is 14.4 Å². The fourth-order valence-electron chi connectivity index (χ4n) is 5.17. The number of benzene rings is 2. The van der Waals surface area contributed by atoms with Crippen LogP contribution in [0.2, 0.25) is 10.0 Å². The standard InChI is InChI=1S/C27H31Cl2N5O2/c1-19(35)33-10-9-26-25(18-33)27(20-5-7-21(28)8-6-20)30-34(26)17-24(36)16-31-11-13-32(14-12-31)23-4-2-3-22(29)15-23/h2-8,15,24,36H,9-14,16-18H2,1H3. The highest BCUT2D eigenvalue weighted by Crippen LogP contribution is 2.31. The summed E-state index contributed by atoms with van der Waals surface area (Å²) in [4.78, 5) is 18.5. The fourth-order valence-corrected chi connectivity index (χ4v) is 5.48. The number of aliphatic hydroxyl groups is 1. The first kappa shape index (κ1) is 25.1. The van der Waals surface area contributed by atoms with Crippen molar-refractivity contribution in [3.05, 3.63) is 69.8 Å². The van der Waals surface area contributed by atoms with Crippen molar-refractivity contribution >= 4 is 34.8 Å². The van der Waals surface area contributed by atoms with E-state index in [1.807, 2.05) is 52.0 Å². The lowest BCUT2D eigenvalue weighted by Crippen LogP contribution is -2.49. The summed E-state index contributed by atoms with van der Waals surface area (Å²) in [6.07, 6.45) is 0.177. The molecule has 36 heavy (non-hydrogen) atoms. The van der Waals surface area contributed by atoms with Gasteiger partial charge in [0.1, 0.15) is 0 Å². The van der Waals surface area contributed by atoms with Crippen molar-refractivity contribution in [2.24, 2.45) is 0 Å². The Morgan fingerprint density at radius 2 is 1.75 bits per heavy atom. The number of anilines is 1. The van der Waals surface area contributed by atoms with Gasteiger partial charge in [-0.25, -0.2) is 0 Å². The Hall–Kier alpha value is -2.58. The molecule has 2 aliphatic rings. The number of halogens is 2. The summed E-state index contributed by atoms with van der Waals surface area (Å²) in [6.45, 7) is 7.36. The van der Waals surface area contributed by atoms with Crippen molar-refractivity contribution in [3.8, 4) is 11.3 Å². The number of piperazine rings is 1. The number of aliphatic hydroxyl groups excluding tert-OH is 1. The van der Waals surface area contributed by atoms with Crippen LogP contribution in [0.3, 0.4) is 0 Å². The smallest absolute Gasteiger partial charge is 0.219 e. The minimum Gasteiger partial charge on any atom is -0.390 e. The average Bonchev–Trinajstić information content (AvgIpc) is 3.22. The molecule has 1 atom stereocenters. The summed E-state index contributed by atoms with van der Waals surface area (Å²) in [5, 5.41) is 17.3. The topological polar surface area (TPSA) is 64.8 Å². The van der Waals surface area contributed by atoms with Gasteiger partial charge >= 0.3 is 0 Å². The highest BCUT2D eigenvalue weighted by Gasteiger charge is 2.28. The van der Waals surface area contributed by atoms with Gasteiger partial charge in [0, 0.05) is 91.7 Å². The molecule has 3 heterocycles. The SMILES string of the molecule is CC(=O)N1CCc2c(c(-c3ccc(Cl)cc3)nn2CC(O)CN2CCN(c3cccc(Cl)c3)CC2)C1. The third-order valence-corrected chi connectivity index (χ3v) is 7.58. The first-order chi connectivity index (χ1) is 17.4. The Balaban J connectivity index is 1.27. The minimum atomic E-state index is -0.546. The van der Waals surface area contributed by atoms with E-state index in [9.17, 15) is 9.90 Å². The predicted molar refractivity (Wildman–Crippen MR) is 144 cm³/mol. The molecule has 2 aromatic carbocycles. The molecule has 1 saturated heterocycles. The fraction of sp³-hybridized carbons (Fsp3) is 0.407. The van der Waals surface area contributed by atoms with Gasteiger partial charge in [-0.15, -0.1) is 0 Å². The van der Waals surface area contributed by atoms with E-state index in [0.29, 0.717) is 31.2 Å². The highest BCUT2D eigenvalue weighted by molar-refractivity contribution is 6.31. The van der Waals surface area contributed by atoms with E-state index >= 15 is 0 Å². The molecule has 5 rings (SSSR count). The van der Waals surface area contributed by atoms with E-state index in [-0.39, 0.29) is 5.91 Å². The summed E-state index contributed by atoms with van der Waals surface area (Å²) in [7, 11) is 0. The molecule has 190 valence electrons. The molecule has 3 aromatic rings. The summed E-state index contributed by atoms with van der Waals surface area (Å²) < 4.78 is 1.95. The monoisotopic (exact) mass is 527 g/mol. The second-order valence-electron chi connectivity index (χ2n) is 9.57. The van der Waals surface area contributed by atoms with Crippen LogP contribution in [-0.4, -0.2) is 76.0 Å². The first-order valence-electron chi connectivity index (χ1n) is 12.4. The van der Waals surface area contributed by atoms with Crippen molar-refractivity contribution in [2.45, 2.75) is 32.5 Å². The largest absolute Gasteiger partial charge is 0.390 e. The molecular weight excluding hydrogens is 497 g/mol. The lowest BCUT2D eigenvalue weighted by atomic mass is 10.0. The Morgan fingerprint density at radius 3 is 2.44 bits per heavy atom. The van der Waals surface area contributed by atoms with Crippen molar-refractivity contribution in [3.63, 3.8) is 0 Å². The van der Waals surface area contributed by atoms with Crippen LogP contribution in [0, 0.1) is 0 Å². The summed E-state index contributed by atoms with van der Waals surface area (Å²) in [6, 6.07) is 15.6. The van der Waals surface area contributed by atoms with Crippen molar-refractivity contribution in [1.29, 1.82) is 0 Å². The number of hydrogen-bond donors (Lipinski definition) is 1. The Morgan fingerprint density at radius 1 is 1.00 bits per heavy atom. The third-order valence-electron chi connectivity index (χ3n) is 7.10. The van der Waals surface area contributed by atoms with Crippen LogP contribution in [0.1, 0.15) is 18.2 Å². The Labute approximate surface area is 221 Å². The molecule has 7 nitrogen and oxygen atoms in total. The second kappa shape index (κ2) is 10.8. The van der Waals surface area contributed by atoms with Gasteiger partial charge in [0.15, 0.2) is 0 Å². The minimum absolute atomic E-state index is 0.0624. The normalized spacial score (nSPS) is 17.2. The summed E-state index contributed by atoms with van der Waals surface area (Å²) in [5.41, 5.74) is 5.12. The number of nitrogens with zero attached hydrogens (tertiary/aromatic N) is 5. The maximum Gasteiger partial charge on any atom is 0.219 e. The van der Waals surface area contributed by atoms with E-state index in [2.05, 4.69) is 15.9 Å². The van der Waals surface area contributed by atoms with Crippen LogP contribution in [0.25, 0.3) is 11.3 Å². The maximum atomic E-state index is 12.1. The Kier molecular flexibility index (Phi) is 7.53. The van der Waals surface area contributed by atoms with E-state index in [4.69, 9.17) is 28.3 Å². The molecule has 2 aliphatic heterocycles. The Bertz CT molecular complexity index is 1220. The van der Waals surface area contributed by atoms with Gasteiger partial charge in [-0.05, 0) is 30.3 Å². The molecule has 0 bridgehead atoms. The lowest BCUT2D eigenvalue weighted by molar-refractivity contribution is -0.129. The van der Waals surface area contributed by atoms with E-state index in [0.717, 1.165) is 65.8 Å². The van der Waals surface area contributed by atoms with Crippen LogP contribution >= 0.6 is 23.2 Å². The van der Waals surface area contributed by atoms with Gasteiger partial charge in [0.2, 0.25) is 5.91 Å². The quantitative estimate of drug-likeness (QED) is 0.525. The number of rotatable bonds is 6. The van der Waals surface area contributed by atoms with E-state index in [1.54, 1.807) is 6.92 Å². The number of hydrogen-bond acceptors (Lipinski definition) is 5. The maximum absolute atomic E-state index is 12.1. The number of aromatic nitrogens is 2. The van der Waals surface area contributed by atoms with Gasteiger partial charge in [0.25, 0.3) is 0 Å². The predicted octanol–water partition coefficient (Wildman–Crippen LogP) is 3.94.